The first-order valence-electron chi connectivity index (χ1n) is 7.68. The number of nitrogens with one attached hydrogen (secondary N) is 1. The summed E-state index contributed by atoms with van der Waals surface area (Å²) in [7, 11) is 0. The van der Waals surface area contributed by atoms with Crippen molar-refractivity contribution in [2.24, 2.45) is 11.8 Å². The van der Waals surface area contributed by atoms with E-state index in [2.05, 4.69) is 12.2 Å². The standard InChI is InChI=1S/C15H26N2O2/c1-3-4-13-15(19)17(10-14(18)16-13)9-12-7-5-11(2)6-8-12/h11-13H,3-10H2,1-2H3,(H,16,18). The number of amides is 2. The second-order valence-electron chi connectivity index (χ2n) is 6.25. The van der Waals surface area contributed by atoms with Gasteiger partial charge in [0.05, 0.1) is 6.54 Å². The SMILES string of the molecule is CCCC1NC(=O)CN(CC2CCC(C)CC2)C1=O. The molecular weight excluding hydrogens is 240 g/mol. The number of hydrogen-bond acceptors (Lipinski definition) is 2. The van der Waals surface area contributed by atoms with Crippen LogP contribution in [0.15, 0.2) is 0 Å². The van der Waals surface area contributed by atoms with Crippen LogP contribution in [0.5, 0.6) is 0 Å². The van der Waals surface area contributed by atoms with Gasteiger partial charge in [0, 0.05) is 6.54 Å². The molecule has 108 valence electrons. The molecule has 2 aliphatic rings. The first-order chi connectivity index (χ1) is 9.10. The van der Waals surface area contributed by atoms with Crippen LogP contribution in [0.2, 0.25) is 0 Å². The van der Waals surface area contributed by atoms with Crippen molar-refractivity contribution in [3.05, 3.63) is 0 Å². The highest BCUT2D eigenvalue weighted by atomic mass is 16.2. The molecule has 0 aromatic carbocycles. The number of nitrogens with zero attached hydrogens (tertiary/aromatic N) is 1. The Morgan fingerprint density at radius 1 is 1.21 bits per heavy atom. The van der Waals surface area contributed by atoms with E-state index in [4.69, 9.17) is 0 Å². The fourth-order valence-electron chi connectivity index (χ4n) is 3.24. The normalized spacial score (nSPS) is 32.3. The molecule has 0 aromatic heterocycles. The molecule has 1 saturated carbocycles. The van der Waals surface area contributed by atoms with E-state index in [1.165, 1.54) is 25.7 Å². The molecule has 4 nitrogen and oxygen atoms in total. The average molecular weight is 266 g/mol. The quantitative estimate of drug-likeness (QED) is 0.845. The van der Waals surface area contributed by atoms with Crippen molar-refractivity contribution in [1.82, 2.24) is 10.2 Å². The van der Waals surface area contributed by atoms with Gasteiger partial charge in [0.15, 0.2) is 0 Å². The van der Waals surface area contributed by atoms with E-state index >= 15 is 0 Å². The van der Waals surface area contributed by atoms with E-state index in [1.807, 2.05) is 6.92 Å². The largest absolute Gasteiger partial charge is 0.343 e. The highest BCUT2D eigenvalue weighted by Gasteiger charge is 2.33. The van der Waals surface area contributed by atoms with Gasteiger partial charge in [-0.05, 0) is 31.1 Å². The second kappa shape index (κ2) is 6.40. The van der Waals surface area contributed by atoms with E-state index in [0.29, 0.717) is 5.92 Å². The van der Waals surface area contributed by atoms with Crippen LogP contribution in [-0.4, -0.2) is 35.8 Å². The number of hydrogen-bond donors (Lipinski definition) is 1. The lowest BCUT2D eigenvalue weighted by atomic mass is 9.82. The van der Waals surface area contributed by atoms with E-state index in [9.17, 15) is 9.59 Å². The summed E-state index contributed by atoms with van der Waals surface area (Å²) in [5, 5.41) is 2.81. The number of rotatable bonds is 4. The third-order valence-electron chi connectivity index (χ3n) is 4.47. The predicted octanol–water partition coefficient (Wildman–Crippen LogP) is 1.94. The zero-order valence-corrected chi connectivity index (χ0v) is 12.2. The van der Waals surface area contributed by atoms with Gasteiger partial charge < -0.3 is 10.2 Å². The van der Waals surface area contributed by atoms with E-state index in [1.54, 1.807) is 4.90 Å². The summed E-state index contributed by atoms with van der Waals surface area (Å²) >= 11 is 0. The predicted molar refractivity (Wildman–Crippen MR) is 74.5 cm³/mol. The summed E-state index contributed by atoms with van der Waals surface area (Å²) in [5.74, 6) is 1.54. The minimum absolute atomic E-state index is 0.00206. The smallest absolute Gasteiger partial charge is 0.245 e. The fourth-order valence-corrected chi connectivity index (χ4v) is 3.24. The van der Waals surface area contributed by atoms with Crippen molar-refractivity contribution in [2.75, 3.05) is 13.1 Å². The molecule has 2 amide bonds. The summed E-state index contributed by atoms with van der Waals surface area (Å²) in [6.45, 7) is 5.37. The van der Waals surface area contributed by atoms with Crippen LogP contribution >= 0.6 is 0 Å². The maximum absolute atomic E-state index is 12.3. The molecule has 4 heteroatoms. The van der Waals surface area contributed by atoms with Crippen LogP contribution in [0.25, 0.3) is 0 Å². The van der Waals surface area contributed by atoms with Crippen LogP contribution < -0.4 is 5.32 Å². The monoisotopic (exact) mass is 266 g/mol. The first-order valence-corrected chi connectivity index (χ1v) is 7.68. The van der Waals surface area contributed by atoms with Gasteiger partial charge >= 0.3 is 0 Å². The zero-order valence-electron chi connectivity index (χ0n) is 12.2. The lowest BCUT2D eigenvalue weighted by Crippen LogP contribution is -2.58. The van der Waals surface area contributed by atoms with E-state index < -0.39 is 0 Å². The number of carbonyl (C=O) groups is 2. The Bertz CT molecular complexity index is 335. The molecule has 0 radical (unpaired) electrons. The number of carbonyl (C=O) groups excluding carboxylic acids is 2. The Labute approximate surface area is 115 Å². The van der Waals surface area contributed by atoms with Gasteiger partial charge in [-0.1, -0.05) is 33.1 Å². The van der Waals surface area contributed by atoms with E-state index in [0.717, 1.165) is 25.3 Å². The topological polar surface area (TPSA) is 49.4 Å². The highest BCUT2D eigenvalue weighted by molar-refractivity contribution is 5.94. The summed E-state index contributed by atoms with van der Waals surface area (Å²) in [4.78, 5) is 25.8. The molecule has 1 heterocycles. The maximum atomic E-state index is 12.3. The molecule has 2 rings (SSSR count). The fraction of sp³-hybridized carbons (Fsp3) is 0.867. The summed E-state index contributed by atoms with van der Waals surface area (Å²) < 4.78 is 0. The first kappa shape index (κ1) is 14.4. The molecule has 1 unspecified atom stereocenters. The Hall–Kier alpha value is -1.06. The molecule has 1 aliphatic heterocycles. The molecule has 19 heavy (non-hydrogen) atoms. The van der Waals surface area contributed by atoms with Gasteiger partial charge in [0.1, 0.15) is 6.04 Å². The summed E-state index contributed by atoms with van der Waals surface area (Å²) in [5.41, 5.74) is 0. The molecule has 1 N–H and O–H groups in total. The van der Waals surface area contributed by atoms with Crippen LogP contribution in [0.1, 0.15) is 52.4 Å². The van der Waals surface area contributed by atoms with Crippen molar-refractivity contribution in [3.8, 4) is 0 Å². The Morgan fingerprint density at radius 2 is 1.89 bits per heavy atom. The van der Waals surface area contributed by atoms with Crippen LogP contribution in [0.4, 0.5) is 0 Å². The molecule has 0 bridgehead atoms. The van der Waals surface area contributed by atoms with Crippen LogP contribution in [0.3, 0.4) is 0 Å². The average Bonchev–Trinajstić information content (AvgIpc) is 2.38. The van der Waals surface area contributed by atoms with Crippen LogP contribution in [-0.2, 0) is 9.59 Å². The minimum atomic E-state index is -0.284. The second-order valence-corrected chi connectivity index (χ2v) is 6.25. The van der Waals surface area contributed by atoms with Gasteiger partial charge in [0.25, 0.3) is 0 Å². The lowest BCUT2D eigenvalue weighted by Gasteiger charge is -2.36. The Balaban J connectivity index is 1.90. The van der Waals surface area contributed by atoms with Crippen molar-refractivity contribution in [2.45, 2.75) is 58.4 Å². The van der Waals surface area contributed by atoms with Crippen molar-refractivity contribution < 1.29 is 9.59 Å². The molecule has 1 aliphatic carbocycles. The summed E-state index contributed by atoms with van der Waals surface area (Å²) in [6, 6.07) is -0.284. The number of piperazine rings is 1. The van der Waals surface area contributed by atoms with Gasteiger partial charge in [-0.25, -0.2) is 0 Å². The highest BCUT2D eigenvalue weighted by Crippen LogP contribution is 2.29. The molecule has 0 aromatic rings. The molecule has 0 spiro atoms. The maximum Gasteiger partial charge on any atom is 0.245 e. The van der Waals surface area contributed by atoms with Gasteiger partial charge in [-0.15, -0.1) is 0 Å². The molecular formula is C15H26N2O2. The van der Waals surface area contributed by atoms with E-state index in [-0.39, 0.29) is 24.4 Å². The van der Waals surface area contributed by atoms with Crippen molar-refractivity contribution in [1.29, 1.82) is 0 Å². The third kappa shape index (κ3) is 3.71. The molecule has 2 fully saturated rings. The van der Waals surface area contributed by atoms with Gasteiger partial charge in [-0.3, -0.25) is 9.59 Å². The summed E-state index contributed by atoms with van der Waals surface area (Å²) in [6.07, 6.45) is 6.60. The Kier molecular flexibility index (Phi) is 4.83. The minimum Gasteiger partial charge on any atom is -0.343 e. The van der Waals surface area contributed by atoms with Gasteiger partial charge in [-0.2, -0.15) is 0 Å². The third-order valence-corrected chi connectivity index (χ3v) is 4.47. The lowest BCUT2D eigenvalue weighted by molar-refractivity contribution is -0.145. The zero-order chi connectivity index (χ0) is 13.8. The molecule has 1 saturated heterocycles. The Morgan fingerprint density at radius 3 is 2.53 bits per heavy atom. The van der Waals surface area contributed by atoms with Crippen LogP contribution in [0, 0.1) is 11.8 Å². The van der Waals surface area contributed by atoms with Crippen molar-refractivity contribution in [3.63, 3.8) is 0 Å². The molecule has 1 atom stereocenters. The van der Waals surface area contributed by atoms with Crippen molar-refractivity contribution >= 4 is 11.8 Å². The van der Waals surface area contributed by atoms with Gasteiger partial charge in [0.2, 0.25) is 11.8 Å².